The minimum absolute atomic E-state index is 0.0548. The Balaban J connectivity index is 1.94. The fraction of sp³-hybridized carbons (Fsp3) is 0.308. The number of aromatic nitrogens is 1. The number of non-ortho nitro benzene ring substituents is 1. The first-order chi connectivity index (χ1) is 9.58. The third-order valence-corrected chi connectivity index (χ3v) is 4.25. The van der Waals surface area contributed by atoms with Crippen LogP contribution in [-0.2, 0) is 6.54 Å². The molecule has 20 heavy (non-hydrogen) atoms. The average molecular weight is 312 g/mol. The maximum Gasteiger partial charge on any atom is 0.269 e. The van der Waals surface area contributed by atoms with Gasteiger partial charge in [-0.25, -0.2) is 4.98 Å². The molecule has 1 aromatic carbocycles. The first-order valence-electron chi connectivity index (χ1n) is 6.11. The zero-order valence-corrected chi connectivity index (χ0v) is 12.4. The van der Waals surface area contributed by atoms with Crippen molar-refractivity contribution in [2.45, 2.75) is 19.4 Å². The molecule has 0 aliphatic heterocycles. The molecule has 1 atom stereocenters. The molecule has 0 aliphatic carbocycles. The van der Waals surface area contributed by atoms with Crippen LogP contribution in [0.2, 0.25) is 5.02 Å². The highest BCUT2D eigenvalue weighted by molar-refractivity contribution is 7.09. The van der Waals surface area contributed by atoms with Crippen LogP contribution < -0.4 is 5.32 Å². The molecule has 0 radical (unpaired) electrons. The van der Waals surface area contributed by atoms with Gasteiger partial charge in [-0.3, -0.25) is 10.1 Å². The molecule has 0 aliphatic rings. The first-order valence-corrected chi connectivity index (χ1v) is 7.36. The number of rotatable bonds is 6. The molecule has 0 amide bonds. The number of hydrogen-bond donors (Lipinski definition) is 1. The Bertz CT molecular complexity index is 589. The minimum atomic E-state index is -0.419. The van der Waals surface area contributed by atoms with Gasteiger partial charge in [-0.05, 0) is 11.6 Å². The number of nitro groups is 1. The molecule has 0 fully saturated rings. The number of nitro benzene ring substituents is 1. The Labute approximate surface area is 125 Å². The second-order valence-corrected chi connectivity index (χ2v) is 5.77. The molecule has 106 valence electrons. The van der Waals surface area contributed by atoms with Gasteiger partial charge >= 0.3 is 0 Å². The predicted octanol–water partition coefficient (Wildman–Crippen LogP) is 3.60. The van der Waals surface area contributed by atoms with Crippen molar-refractivity contribution >= 4 is 28.6 Å². The van der Waals surface area contributed by atoms with Crippen LogP contribution in [0.1, 0.15) is 23.4 Å². The second-order valence-electron chi connectivity index (χ2n) is 4.44. The van der Waals surface area contributed by atoms with Crippen LogP contribution in [0.4, 0.5) is 5.69 Å². The van der Waals surface area contributed by atoms with Gasteiger partial charge in [-0.15, -0.1) is 11.3 Å². The van der Waals surface area contributed by atoms with E-state index in [1.165, 1.54) is 12.1 Å². The monoisotopic (exact) mass is 311 g/mol. The minimum Gasteiger partial charge on any atom is -0.312 e. The number of nitrogens with one attached hydrogen (secondary N) is 1. The fourth-order valence-corrected chi connectivity index (χ4v) is 2.68. The Morgan fingerprint density at radius 3 is 3.00 bits per heavy atom. The molecule has 0 spiro atoms. The van der Waals surface area contributed by atoms with E-state index < -0.39 is 4.92 Å². The maximum atomic E-state index is 10.7. The van der Waals surface area contributed by atoms with E-state index in [4.69, 9.17) is 11.6 Å². The van der Waals surface area contributed by atoms with Crippen molar-refractivity contribution in [3.05, 3.63) is 55.5 Å². The molecule has 2 rings (SSSR count). The molecule has 0 saturated heterocycles. The van der Waals surface area contributed by atoms with Gasteiger partial charge in [0.15, 0.2) is 0 Å². The fourth-order valence-electron chi connectivity index (χ4n) is 1.80. The van der Waals surface area contributed by atoms with Gasteiger partial charge in [0.1, 0.15) is 0 Å². The summed E-state index contributed by atoms with van der Waals surface area (Å²) in [4.78, 5) is 14.6. The lowest BCUT2D eigenvalue weighted by atomic mass is 10.1. The summed E-state index contributed by atoms with van der Waals surface area (Å²) in [6, 6.07) is 4.47. The molecule has 2 aromatic rings. The van der Waals surface area contributed by atoms with Crippen LogP contribution in [-0.4, -0.2) is 16.5 Å². The molecular weight excluding hydrogens is 298 g/mol. The van der Waals surface area contributed by atoms with E-state index in [9.17, 15) is 10.1 Å². The van der Waals surface area contributed by atoms with Crippen molar-refractivity contribution in [3.8, 4) is 0 Å². The normalized spacial score (nSPS) is 12.3. The van der Waals surface area contributed by atoms with E-state index in [0.29, 0.717) is 17.5 Å². The van der Waals surface area contributed by atoms with Crippen molar-refractivity contribution in [1.29, 1.82) is 0 Å². The number of halogens is 1. The summed E-state index contributed by atoms with van der Waals surface area (Å²) < 4.78 is 0. The molecule has 1 heterocycles. The second kappa shape index (κ2) is 6.78. The Kier molecular flexibility index (Phi) is 5.05. The topological polar surface area (TPSA) is 68.1 Å². The van der Waals surface area contributed by atoms with Gasteiger partial charge in [0.25, 0.3) is 5.69 Å². The molecule has 1 unspecified atom stereocenters. The molecule has 1 N–H and O–H groups in total. The van der Waals surface area contributed by atoms with Crippen LogP contribution in [0.5, 0.6) is 0 Å². The van der Waals surface area contributed by atoms with Crippen LogP contribution >= 0.6 is 22.9 Å². The van der Waals surface area contributed by atoms with Crippen molar-refractivity contribution in [2.75, 3.05) is 6.54 Å². The van der Waals surface area contributed by atoms with Gasteiger partial charge in [-0.1, -0.05) is 18.5 Å². The van der Waals surface area contributed by atoms with E-state index in [1.54, 1.807) is 23.6 Å². The summed E-state index contributed by atoms with van der Waals surface area (Å²) in [6.07, 6.45) is 1.79. The highest BCUT2D eigenvalue weighted by Crippen LogP contribution is 2.22. The molecular formula is C13H14ClN3O2S. The Morgan fingerprint density at radius 2 is 2.35 bits per heavy atom. The lowest BCUT2D eigenvalue weighted by molar-refractivity contribution is -0.384. The third-order valence-electron chi connectivity index (χ3n) is 2.88. The van der Waals surface area contributed by atoms with Gasteiger partial charge in [0, 0.05) is 47.7 Å². The molecule has 7 heteroatoms. The van der Waals surface area contributed by atoms with Gasteiger partial charge in [0.2, 0.25) is 0 Å². The van der Waals surface area contributed by atoms with E-state index in [-0.39, 0.29) is 5.69 Å². The first kappa shape index (κ1) is 14.9. The highest BCUT2D eigenvalue weighted by Gasteiger charge is 2.11. The van der Waals surface area contributed by atoms with Crippen LogP contribution in [0.3, 0.4) is 0 Å². The van der Waals surface area contributed by atoms with Crippen LogP contribution in [0.15, 0.2) is 29.8 Å². The zero-order valence-electron chi connectivity index (χ0n) is 10.9. The predicted molar refractivity (Wildman–Crippen MR) is 80.3 cm³/mol. The molecule has 0 saturated carbocycles. The van der Waals surface area contributed by atoms with E-state index in [0.717, 1.165) is 17.1 Å². The molecule has 1 aromatic heterocycles. The smallest absolute Gasteiger partial charge is 0.269 e. The summed E-state index contributed by atoms with van der Waals surface area (Å²) in [5.74, 6) is 0.299. The largest absolute Gasteiger partial charge is 0.312 e. The number of nitrogens with zero attached hydrogens (tertiary/aromatic N) is 2. The van der Waals surface area contributed by atoms with Gasteiger partial charge in [-0.2, -0.15) is 0 Å². The molecule has 5 nitrogen and oxygen atoms in total. The maximum absolute atomic E-state index is 10.7. The standard InChI is InChI=1S/C13H14ClN3O2S/c1-9(13-16-4-5-20-13)7-15-8-10-6-11(17(18)19)2-3-12(10)14/h2-6,9,15H,7-8H2,1H3. The van der Waals surface area contributed by atoms with Crippen molar-refractivity contribution in [3.63, 3.8) is 0 Å². The average Bonchev–Trinajstić information content (AvgIpc) is 2.94. The van der Waals surface area contributed by atoms with E-state index in [2.05, 4.69) is 17.2 Å². The van der Waals surface area contributed by atoms with Crippen LogP contribution in [0.25, 0.3) is 0 Å². The lowest BCUT2D eigenvalue weighted by Gasteiger charge is -2.10. The SMILES string of the molecule is CC(CNCc1cc([N+](=O)[O-])ccc1Cl)c1nccs1. The Hall–Kier alpha value is -1.50. The molecule has 0 bridgehead atoms. The number of hydrogen-bond acceptors (Lipinski definition) is 5. The highest BCUT2D eigenvalue weighted by atomic mass is 35.5. The summed E-state index contributed by atoms with van der Waals surface area (Å²) in [5.41, 5.74) is 0.784. The quantitative estimate of drug-likeness (QED) is 0.654. The summed E-state index contributed by atoms with van der Waals surface area (Å²) in [5, 5.41) is 17.5. The summed E-state index contributed by atoms with van der Waals surface area (Å²) in [7, 11) is 0. The zero-order chi connectivity index (χ0) is 14.5. The summed E-state index contributed by atoms with van der Waals surface area (Å²) in [6.45, 7) is 3.32. The van der Waals surface area contributed by atoms with Gasteiger partial charge in [0.05, 0.1) is 9.93 Å². The van der Waals surface area contributed by atoms with Crippen molar-refractivity contribution in [2.24, 2.45) is 0 Å². The lowest BCUT2D eigenvalue weighted by Crippen LogP contribution is -2.19. The van der Waals surface area contributed by atoms with E-state index >= 15 is 0 Å². The third kappa shape index (κ3) is 3.75. The number of thiazole rings is 1. The summed E-state index contributed by atoms with van der Waals surface area (Å²) >= 11 is 7.66. The van der Waals surface area contributed by atoms with Gasteiger partial charge < -0.3 is 5.32 Å². The van der Waals surface area contributed by atoms with Crippen molar-refractivity contribution in [1.82, 2.24) is 10.3 Å². The van der Waals surface area contributed by atoms with Crippen molar-refractivity contribution < 1.29 is 4.92 Å². The number of benzene rings is 1. The van der Waals surface area contributed by atoms with E-state index in [1.807, 2.05) is 5.38 Å². The Morgan fingerprint density at radius 1 is 1.55 bits per heavy atom. The van der Waals surface area contributed by atoms with Crippen LogP contribution in [0, 0.1) is 10.1 Å².